The van der Waals surface area contributed by atoms with E-state index in [1.165, 1.54) is 7.11 Å². The number of aryl methyl sites for hydroxylation is 1. The van der Waals surface area contributed by atoms with Gasteiger partial charge in [-0.05, 0) is 86.8 Å². The lowest BCUT2D eigenvalue weighted by atomic mass is 10.1. The summed E-state index contributed by atoms with van der Waals surface area (Å²) in [5.74, 6) is 1.80. The number of nitrogens with zero attached hydrogens (tertiary/aromatic N) is 6. The Labute approximate surface area is 294 Å². The number of nitrogens with one attached hydrogen (secondary N) is 1. The first-order valence-electron chi connectivity index (χ1n) is 17.7. The molecule has 3 atom stereocenters. The third kappa shape index (κ3) is 5.33. The Bertz CT molecular complexity index is 2270. The monoisotopic (exact) mass is 688 g/mol. The summed E-state index contributed by atoms with van der Waals surface area (Å²) in [5.41, 5.74) is 11.4. The maximum absolute atomic E-state index is 13.8. The van der Waals surface area contributed by atoms with E-state index in [0.29, 0.717) is 52.3 Å². The van der Waals surface area contributed by atoms with Crippen LogP contribution in [0.25, 0.3) is 44.8 Å². The van der Waals surface area contributed by atoms with Gasteiger partial charge in [0, 0.05) is 60.8 Å². The van der Waals surface area contributed by atoms with Crippen LogP contribution in [0.5, 0.6) is 5.75 Å². The SMILES string of the molecule is COC(=O)c1cc(NC(=O)C2CC2)ncc1-c1ccc2cc(-c3nc4cc(C(=O)N5CC6CCC5[C@@H]6N)cc(OC)c4n3C)n(CC3CC3)c2n1. The van der Waals surface area contributed by atoms with Gasteiger partial charge in [0.15, 0.2) is 5.82 Å². The predicted octanol–water partition coefficient (Wildman–Crippen LogP) is 4.77. The van der Waals surface area contributed by atoms with Gasteiger partial charge in [0.25, 0.3) is 5.91 Å². The van der Waals surface area contributed by atoms with Crippen LogP contribution in [0.15, 0.2) is 42.6 Å². The fourth-order valence-corrected chi connectivity index (χ4v) is 8.05. The number of hydrogen-bond acceptors (Lipinski definition) is 9. The minimum atomic E-state index is -0.545. The highest BCUT2D eigenvalue weighted by atomic mass is 16.5. The Morgan fingerprint density at radius 2 is 1.82 bits per heavy atom. The van der Waals surface area contributed by atoms with Gasteiger partial charge in [0.1, 0.15) is 22.7 Å². The lowest BCUT2D eigenvalue weighted by molar-refractivity contribution is -0.117. The van der Waals surface area contributed by atoms with Crippen LogP contribution in [0.2, 0.25) is 0 Å². The molecule has 9 rings (SSSR count). The molecule has 262 valence electrons. The van der Waals surface area contributed by atoms with Gasteiger partial charge in [-0.25, -0.2) is 19.7 Å². The largest absolute Gasteiger partial charge is 0.494 e. The zero-order valence-corrected chi connectivity index (χ0v) is 28.9. The van der Waals surface area contributed by atoms with E-state index in [1.54, 1.807) is 19.4 Å². The first kappa shape index (κ1) is 31.7. The van der Waals surface area contributed by atoms with Crippen molar-refractivity contribution in [2.24, 2.45) is 30.5 Å². The van der Waals surface area contributed by atoms with Crippen LogP contribution in [-0.4, -0.2) is 79.6 Å². The van der Waals surface area contributed by atoms with Crippen molar-refractivity contribution in [3.8, 4) is 28.5 Å². The number of likely N-dealkylation sites (tertiary alicyclic amines) is 1. The fourth-order valence-electron chi connectivity index (χ4n) is 8.05. The maximum Gasteiger partial charge on any atom is 0.338 e. The number of aromatic nitrogens is 5. The van der Waals surface area contributed by atoms with Gasteiger partial charge < -0.3 is 34.6 Å². The van der Waals surface area contributed by atoms with Gasteiger partial charge in [-0.1, -0.05) is 0 Å². The predicted molar refractivity (Wildman–Crippen MR) is 190 cm³/mol. The summed E-state index contributed by atoms with van der Waals surface area (Å²) in [6.07, 6.45) is 7.56. The average molecular weight is 689 g/mol. The topological polar surface area (TPSA) is 159 Å². The Kier molecular flexibility index (Phi) is 7.39. The van der Waals surface area contributed by atoms with Crippen molar-refractivity contribution < 1.29 is 23.9 Å². The molecule has 3 aliphatic carbocycles. The first-order chi connectivity index (χ1) is 24.7. The minimum absolute atomic E-state index is 0.00280. The number of hydrogen-bond donors (Lipinski definition) is 2. The molecule has 3 saturated carbocycles. The molecule has 5 aromatic rings. The Morgan fingerprint density at radius 3 is 2.51 bits per heavy atom. The second-order valence-electron chi connectivity index (χ2n) is 14.5. The molecule has 0 spiro atoms. The van der Waals surface area contributed by atoms with E-state index in [4.69, 9.17) is 25.2 Å². The summed E-state index contributed by atoms with van der Waals surface area (Å²) in [6.45, 7) is 1.44. The highest BCUT2D eigenvalue weighted by Gasteiger charge is 2.47. The quantitative estimate of drug-likeness (QED) is 0.208. The summed E-state index contributed by atoms with van der Waals surface area (Å²) in [6, 6.07) is 11.3. The minimum Gasteiger partial charge on any atom is -0.494 e. The van der Waals surface area contributed by atoms with Crippen molar-refractivity contribution in [3.05, 3.63) is 53.7 Å². The number of carbonyl (C=O) groups excluding carboxylic acids is 3. The molecule has 1 saturated heterocycles. The zero-order valence-electron chi connectivity index (χ0n) is 28.9. The van der Waals surface area contributed by atoms with E-state index < -0.39 is 5.97 Å². The lowest BCUT2D eigenvalue weighted by Crippen LogP contribution is -2.41. The lowest BCUT2D eigenvalue weighted by Gasteiger charge is -2.27. The number of piperidine rings is 1. The fraction of sp³-hybridized carbons (Fsp3) is 0.421. The summed E-state index contributed by atoms with van der Waals surface area (Å²) in [7, 11) is 4.90. The van der Waals surface area contributed by atoms with Crippen LogP contribution in [-0.2, 0) is 23.1 Å². The highest BCUT2D eigenvalue weighted by molar-refractivity contribution is 6.01. The van der Waals surface area contributed by atoms with E-state index >= 15 is 0 Å². The van der Waals surface area contributed by atoms with Gasteiger partial charge >= 0.3 is 5.97 Å². The van der Waals surface area contributed by atoms with E-state index in [1.807, 2.05) is 40.8 Å². The number of fused-ring (bicyclic) bond motifs is 4. The third-order valence-corrected chi connectivity index (χ3v) is 11.2. The molecule has 13 nitrogen and oxygen atoms in total. The molecular weight excluding hydrogens is 648 g/mol. The van der Waals surface area contributed by atoms with Gasteiger partial charge in [-0.2, -0.15) is 0 Å². The number of imidazole rings is 1. The maximum atomic E-state index is 13.8. The number of ether oxygens (including phenoxy) is 2. The van der Waals surface area contributed by atoms with Gasteiger partial charge in [-0.15, -0.1) is 0 Å². The van der Waals surface area contributed by atoms with Crippen LogP contribution in [0.4, 0.5) is 5.82 Å². The molecule has 2 unspecified atom stereocenters. The molecule has 13 heteroatoms. The van der Waals surface area contributed by atoms with Crippen molar-refractivity contribution in [3.63, 3.8) is 0 Å². The molecule has 1 aliphatic heterocycles. The molecule has 1 aromatic carbocycles. The van der Waals surface area contributed by atoms with E-state index in [0.717, 1.165) is 73.1 Å². The summed E-state index contributed by atoms with van der Waals surface area (Å²) in [4.78, 5) is 55.8. The Hall–Kier alpha value is -5.30. The van der Waals surface area contributed by atoms with Gasteiger partial charge in [0.05, 0.1) is 36.7 Å². The Morgan fingerprint density at radius 1 is 1.00 bits per heavy atom. The van der Waals surface area contributed by atoms with Crippen LogP contribution < -0.4 is 15.8 Å². The van der Waals surface area contributed by atoms with Crippen molar-refractivity contribution in [2.75, 3.05) is 26.1 Å². The number of pyridine rings is 2. The van der Waals surface area contributed by atoms with Crippen molar-refractivity contribution in [1.82, 2.24) is 29.0 Å². The number of anilines is 1. The molecule has 51 heavy (non-hydrogen) atoms. The highest BCUT2D eigenvalue weighted by Crippen LogP contribution is 2.41. The average Bonchev–Trinajstić information content (AvgIpc) is 4.06. The van der Waals surface area contributed by atoms with E-state index in [9.17, 15) is 14.4 Å². The van der Waals surface area contributed by atoms with Crippen molar-refractivity contribution in [2.45, 2.75) is 57.2 Å². The van der Waals surface area contributed by atoms with Crippen molar-refractivity contribution in [1.29, 1.82) is 0 Å². The second-order valence-corrected chi connectivity index (χ2v) is 14.5. The zero-order chi connectivity index (χ0) is 35.1. The number of methoxy groups -OCH3 is 2. The number of amides is 2. The molecule has 2 amide bonds. The normalized spacial score (nSPS) is 21.1. The van der Waals surface area contributed by atoms with Crippen LogP contribution in [0, 0.1) is 17.8 Å². The molecule has 0 radical (unpaired) electrons. The summed E-state index contributed by atoms with van der Waals surface area (Å²) in [5, 5.41) is 3.74. The number of carbonyl (C=O) groups is 3. The standard InChI is InChI=1S/C38H40N8O5/c1-44-33-27(12-23(14-30(33)50-2)37(48)46-18-22-9-11-28(46)32(22)39)42-35(44)29-13-21-8-10-26(41-34(21)45(29)17-19-4-5-19)25-16-40-31(15-24(25)38(49)51-3)43-36(47)20-6-7-20/h8,10,12-16,19-20,22,28,32H,4-7,9,11,17-18,39H2,1-3H3,(H,40,43,47)/t22?,28?,32-/m1/s1. The molecule has 4 aromatic heterocycles. The molecule has 4 fully saturated rings. The second kappa shape index (κ2) is 11.9. The van der Waals surface area contributed by atoms with Crippen molar-refractivity contribution >= 4 is 45.7 Å². The van der Waals surface area contributed by atoms with E-state index in [2.05, 4.69) is 20.9 Å². The summed E-state index contributed by atoms with van der Waals surface area (Å²) >= 11 is 0. The molecule has 2 bridgehead atoms. The van der Waals surface area contributed by atoms with E-state index in [-0.39, 0.29) is 35.4 Å². The van der Waals surface area contributed by atoms with Gasteiger partial charge in [0.2, 0.25) is 5.91 Å². The number of esters is 1. The Balaban J connectivity index is 1.12. The molecule has 3 N–H and O–H groups in total. The number of nitrogens with two attached hydrogens (primary N) is 1. The summed E-state index contributed by atoms with van der Waals surface area (Å²) < 4.78 is 15.2. The molecule has 5 heterocycles. The van der Waals surface area contributed by atoms with Gasteiger partial charge in [-0.3, -0.25) is 9.59 Å². The molecular formula is C38H40N8O5. The van der Waals surface area contributed by atoms with Crippen LogP contribution in [0.3, 0.4) is 0 Å². The smallest absolute Gasteiger partial charge is 0.338 e. The van der Waals surface area contributed by atoms with Crippen LogP contribution in [0.1, 0.15) is 59.2 Å². The number of rotatable bonds is 9. The first-order valence-corrected chi connectivity index (χ1v) is 17.7. The number of benzene rings is 1. The van der Waals surface area contributed by atoms with Crippen LogP contribution >= 0.6 is 0 Å². The third-order valence-electron chi connectivity index (χ3n) is 11.2. The molecule has 4 aliphatic rings.